The van der Waals surface area contributed by atoms with Gasteiger partial charge in [-0.2, -0.15) is 5.26 Å². The Bertz CT molecular complexity index is 445. The minimum absolute atomic E-state index is 0.317. The Labute approximate surface area is 94.4 Å². The molecule has 16 heavy (non-hydrogen) atoms. The highest BCUT2D eigenvalue weighted by molar-refractivity contribution is 5.93. The quantitative estimate of drug-likeness (QED) is 0.748. The van der Waals surface area contributed by atoms with Gasteiger partial charge < -0.3 is 0 Å². The molecule has 0 fully saturated rings. The molecule has 0 amide bonds. The van der Waals surface area contributed by atoms with Crippen molar-refractivity contribution in [2.24, 2.45) is 4.99 Å². The first-order valence-corrected chi connectivity index (χ1v) is 5.50. The van der Waals surface area contributed by atoms with Crippen LogP contribution in [-0.4, -0.2) is 12.3 Å². The second-order valence-corrected chi connectivity index (χ2v) is 3.91. The third kappa shape index (κ3) is 2.11. The van der Waals surface area contributed by atoms with E-state index in [4.69, 9.17) is 5.26 Å². The lowest BCUT2D eigenvalue weighted by molar-refractivity contribution is 0.610. The van der Waals surface area contributed by atoms with E-state index in [9.17, 15) is 4.39 Å². The zero-order chi connectivity index (χ0) is 11.4. The number of hydrogen-bond donors (Lipinski definition) is 0. The van der Waals surface area contributed by atoms with Gasteiger partial charge in [-0.15, -0.1) is 0 Å². The van der Waals surface area contributed by atoms with Crippen LogP contribution >= 0.6 is 0 Å². The van der Waals surface area contributed by atoms with Crippen molar-refractivity contribution in [3.8, 4) is 6.07 Å². The van der Waals surface area contributed by atoms with E-state index in [2.05, 4.69) is 11.1 Å². The Kier molecular flexibility index (Phi) is 3.31. The number of nitriles is 1. The lowest BCUT2D eigenvalue weighted by Gasteiger charge is -2.17. The van der Waals surface area contributed by atoms with Crippen molar-refractivity contribution in [2.75, 3.05) is 6.54 Å². The molecule has 1 aromatic carbocycles. The number of aliphatic imine (C=N–C) groups is 1. The Morgan fingerprint density at radius 3 is 2.75 bits per heavy atom. The normalized spacial score (nSPS) is 17.4. The Morgan fingerprint density at radius 1 is 1.31 bits per heavy atom. The maximum Gasteiger partial charge on any atom is 0.128 e. The second-order valence-electron chi connectivity index (χ2n) is 3.91. The van der Waals surface area contributed by atoms with E-state index in [1.165, 1.54) is 6.07 Å². The molecule has 0 bridgehead atoms. The van der Waals surface area contributed by atoms with E-state index in [0.717, 1.165) is 31.5 Å². The lowest BCUT2D eigenvalue weighted by Crippen LogP contribution is -2.16. The van der Waals surface area contributed by atoms with Gasteiger partial charge in [0.15, 0.2) is 0 Å². The van der Waals surface area contributed by atoms with Gasteiger partial charge in [0.25, 0.3) is 0 Å². The molecule has 3 heteroatoms. The molecule has 0 aromatic heterocycles. The molecule has 0 radical (unpaired) electrons. The van der Waals surface area contributed by atoms with Crippen LogP contribution in [0.15, 0.2) is 29.3 Å². The maximum absolute atomic E-state index is 13.6. The minimum atomic E-state index is -0.513. The van der Waals surface area contributed by atoms with E-state index < -0.39 is 5.92 Å². The topological polar surface area (TPSA) is 36.1 Å². The molecule has 2 rings (SSSR count). The molecule has 0 saturated heterocycles. The standard InChI is InChI=1S/C13H13FN2/c14-12-6-2-1-5-10(12)11(9-15)13-7-3-4-8-16-13/h1-2,5-6,11H,3-4,7-8H2. The van der Waals surface area contributed by atoms with Crippen molar-refractivity contribution in [1.82, 2.24) is 0 Å². The summed E-state index contributed by atoms with van der Waals surface area (Å²) in [6.07, 6.45) is 2.93. The first-order chi connectivity index (χ1) is 7.83. The summed E-state index contributed by atoms with van der Waals surface area (Å²) in [5.41, 5.74) is 1.28. The van der Waals surface area contributed by atoms with Gasteiger partial charge in [0.1, 0.15) is 11.7 Å². The number of hydrogen-bond acceptors (Lipinski definition) is 2. The van der Waals surface area contributed by atoms with Crippen LogP contribution in [0.25, 0.3) is 0 Å². The first kappa shape index (κ1) is 10.8. The van der Waals surface area contributed by atoms with Crippen molar-refractivity contribution < 1.29 is 4.39 Å². The number of halogens is 1. The van der Waals surface area contributed by atoms with Crippen molar-refractivity contribution in [3.63, 3.8) is 0 Å². The highest BCUT2D eigenvalue weighted by Gasteiger charge is 2.21. The summed E-state index contributed by atoms with van der Waals surface area (Å²) in [5.74, 6) is -0.830. The van der Waals surface area contributed by atoms with E-state index in [1.807, 2.05) is 0 Å². The van der Waals surface area contributed by atoms with Crippen LogP contribution < -0.4 is 0 Å². The van der Waals surface area contributed by atoms with Gasteiger partial charge in [-0.3, -0.25) is 4.99 Å². The van der Waals surface area contributed by atoms with E-state index in [1.54, 1.807) is 18.2 Å². The molecule has 1 atom stereocenters. The fraction of sp³-hybridized carbons (Fsp3) is 0.385. The van der Waals surface area contributed by atoms with Gasteiger partial charge >= 0.3 is 0 Å². The average Bonchev–Trinajstić information content (AvgIpc) is 2.34. The molecule has 0 spiro atoms. The Hall–Kier alpha value is -1.69. The van der Waals surface area contributed by atoms with E-state index in [0.29, 0.717) is 5.56 Å². The molecule has 0 N–H and O–H groups in total. The predicted molar refractivity (Wildman–Crippen MR) is 60.9 cm³/mol. The van der Waals surface area contributed by atoms with Gasteiger partial charge in [-0.1, -0.05) is 18.2 Å². The number of rotatable bonds is 2. The van der Waals surface area contributed by atoms with E-state index >= 15 is 0 Å². The monoisotopic (exact) mass is 216 g/mol. The zero-order valence-corrected chi connectivity index (χ0v) is 8.99. The van der Waals surface area contributed by atoms with Crippen LogP contribution in [0.1, 0.15) is 30.7 Å². The third-order valence-electron chi connectivity index (χ3n) is 2.83. The van der Waals surface area contributed by atoms with Gasteiger partial charge in [0, 0.05) is 17.8 Å². The average molecular weight is 216 g/mol. The second kappa shape index (κ2) is 4.89. The maximum atomic E-state index is 13.6. The van der Waals surface area contributed by atoms with Gasteiger partial charge in [0.2, 0.25) is 0 Å². The molecule has 0 aliphatic carbocycles. The molecule has 1 heterocycles. The molecular weight excluding hydrogens is 203 g/mol. The molecule has 1 aromatic rings. The highest BCUT2D eigenvalue weighted by Crippen LogP contribution is 2.24. The fourth-order valence-electron chi connectivity index (χ4n) is 1.99. The highest BCUT2D eigenvalue weighted by atomic mass is 19.1. The SMILES string of the molecule is N#CC(C1=NCCCC1)c1ccccc1F. The summed E-state index contributed by atoms with van der Waals surface area (Å²) in [6.45, 7) is 0.766. The Morgan fingerprint density at radius 2 is 2.12 bits per heavy atom. The van der Waals surface area contributed by atoms with Crippen molar-refractivity contribution in [3.05, 3.63) is 35.6 Å². The largest absolute Gasteiger partial charge is 0.292 e. The van der Waals surface area contributed by atoms with Crippen LogP contribution in [-0.2, 0) is 0 Å². The molecule has 2 nitrogen and oxygen atoms in total. The van der Waals surface area contributed by atoms with Gasteiger partial charge in [-0.25, -0.2) is 4.39 Å². The number of benzene rings is 1. The van der Waals surface area contributed by atoms with Crippen LogP contribution in [0, 0.1) is 17.1 Å². The van der Waals surface area contributed by atoms with Crippen molar-refractivity contribution in [1.29, 1.82) is 5.26 Å². The molecule has 82 valence electrons. The zero-order valence-electron chi connectivity index (χ0n) is 8.99. The molecule has 1 unspecified atom stereocenters. The molecule has 0 saturated carbocycles. The van der Waals surface area contributed by atoms with Crippen LogP contribution in [0.4, 0.5) is 4.39 Å². The predicted octanol–water partition coefficient (Wildman–Crippen LogP) is 3.06. The van der Waals surface area contributed by atoms with Crippen molar-refractivity contribution >= 4 is 5.71 Å². The van der Waals surface area contributed by atoms with Crippen LogP contribution in [0.3, 0.4) is 0 Å². The molecule has 1 aliphatic rings. The minimum Gasteiger partial charge on any atom is -0.292 e. The van der Waals surface area contributed by atoms with Crippen LogP contribution in [0.2, 0.25) is 0 Å². The van der Waals surface area contributed by atoms with Crippen molar-refractivity contribution in [2.45, 2.75) is 25.2 Å². The summed E-state index contributed by atoms with van der Waals surface area (Å²) < 4.78 is 13.6. The smallest absolute Gasteiger partial charge is 0.128 e. The summed E-state index contributed by atoms with van der Waals surface area (Å²) in [4.78, 5) is 4.35. The summed E-state index contributed by atoms with van der Waals surface area (Å²) in [7, 11) is 0. The molecule has 1 aliphatic heterocycles. The third-order valence-corrected chi connectivity index (χ3v) is 2.83. The molecular formula is C13H13FN2. The van der Waals surface area contributed by atoms with Crippen LogP contribution in [0.5, 0.6) is 0 Å². The van der Waals surface area contributed by atoms with Gasteiger partial charge in [0.05, 0.1) is 6.07 Å². The van der Waals surface area contributed by atoms with Gasteiger partial charge in [-0.05, 0) is 25.3 Å². The summed E-state index contributed by atoms with van der Waals surface area (Å²) >= 11 is 0. The summed E-state index contributed by atoms with van der Waals surface area (Å²) in [5, 5.41) is 9.16. The number of nitrogens with zero attached hydrogens (tertiary/aromatic N) is 2. The summed E-state index contributed by atoms with van der Waals surface area (Å²) in [6, 6.07) is 8.61. The fourth-order valence-corrected chi connectivity index (χ4v) is 1.99. The van der Waals surface area contributed by atoms with E-state index in [-0.39, 0.29) is 5.82 Å². The first-order valence-electron chi connectivity index (χ1n) is 5.50. The lowest BCUT2D eigenvalue weighted by atomic mass is 9.90. The Balaban J connectivity index is 2.33.